The molecule has 4 N–H and O–H groups in total. The van der Waals surface area contributed by atoms with Gasteiger partial charge in [0.25, 0.3) is 5.91 Å². The summed E-state index contributed by atoms with van der Waals surface area (Å²) in [5.41, 5.74) is 5.50. The van der Waals surface area contributed by atoms with Gasteiger partial charge in [0.1, 0.15) is 11.5 Å². The van der Waals surface area contributed by atoms with E-state index in [2.05, 4.69) is 12.2 Å². The first-order valence-corrected chi connectivity index (χ1v) is 5.02. The lowest BCUT2D eigenvalue weighted by atomic mass is 10.1. The van der Waals surface area contributed by atoms with Gasteiger partial charge in [-0.15, -0.1) is 0 Å². The predicted octanol–water partition coefficient (Wildman–Crippen LogP) is 0.263. The van der Waals surface area contributed by atoms with Crippen LogP contribution in [-0.2, 0) is 0 Å². The van der Waals surface area contributed by atoms with Crippen LogP contribution in [0.3, 0.4) is 0 Å². The van der Waals surface area contributed by atoms with Crippen molar-refractivity contribution in [3.8, 4) is 11.5 Å². The molecule has 17 heavy (non-hydrogen) atoms. The number of methoxy groups -OCH3 is 2. The number of benzene rings is 1. The molecular formula is C10H13N3O3S. The number of hydrogen-bond donors (Lipinski definition) is 2. The van der Waals surface area contributed by atoms with Gasteiger partial charge in [0.15, 0.2) is 5.11 Å². The largest absolute Gasteiger partial charge is 0.497 e. The molecule has 1 rings (SSSR count). The summed E-state index contributed by atoms with van der Waals surface area (Å²) >= 11 is 4.62. The number of amides is 1. The fourth-order valence-corrected chi connectivity index (χ4v) is 1.29. The van der Waals surface area contributed by atoms with Crippen LogP contribution in [0.25, 0.3) is 0 Å². The van der Waals surface area contributed by atoms with Gasteiger partial charge in [-0.25, -0.2) is 10.9 Å². The Kier molecular flexibility index (Phi) is 4.24. The van der Waals surface area contributed by atoms with Crippen LogP contribution in [0.15, 0.2) is 18.2 Å². The average molecular weight is 255 g/mol. The van der Waals surface area contributed by atoms with E-state index in [1.54, 1.807) is 12.1 Å². The molecule has 7 heteroatoms. The number of hydrazine groups is 1. The molecule has 0 aromatic heterocycles. The highest BCUT2D eigenvalue weighted by atomic mass is 32.1. The number of ether oxygens (including phenoxy) is 2. The van der Waals surface area contributed by atoms with Crippen molar-refractivity contribution in [3.63, 3.8) is 0 Å². The number of thiocarbonyl (C=S) groups is 1. The van der Waals surface area contributed by atoms with E-state index >= 15 is 0 Å². The summed E-state index contributed by atoms with van der Waals surface area (Å²) in [6.45, 7) is 0. The smallest absolute Gasteiger partial charge is 0.278 e. The molecule has 0 heterocycles. The highest BCUT2D eigenvalue weighted by Gasteiger charge is 2.19. The monoisotopic (exact) mass is 255 g/mol. The first kappa shape index (κ1) is 13.2. The molecule has 1 aromatic carbocycles. The fourth-order valence-electron chi connectivity index (χ4n) is 1.21. The summed E-state index contributed by atoms with van der Waals surface area (Å²) in [6, 6.07) is 4.76. The minimum Gasteiger partial charge on any atom is -0.497 e. The van der Waals surface area contributed by atoms with Gasteiger partial charge in [-0.2, -0.15) is 0 Å². The van der Waals surface area contributed by atoms with Gasteiger partial charge < -0.3 is 15.2 Å². The van der Waals surface area contributed by atoms with Crippen LogP contribution in [0.5, 0.6) is 11.5 Å². The lowest BCUT2D eigenvalue weighted by Gasteiger charge is -2.16. The predicted molar refractivity (Wildman–Crippen MR) is 66.7 cm³/mol. The molecule has 0 saturated carbocycles. The van der Waals surface area contributed by atoms with Crippen molar-refractivity contribution in [2.75, 3.05) is 14.2 Å². The van der Waals surface area contributed by atoms with E-state index in [0.29, 0.717) is 16.5 Å². The van der Waals surface area contributed by atoms with Gasteiger partial charge in [0, 0.05) is 0 Å². The van der Waals surface area contributed by atoms with E-state index in [4.69, 9.17) is 21.1 Å². The molecule has 0 fully saturated rings. The van der Waals surface area contributed by atoms with E-state index in [-0.39, 0.29) is 10.7 Å². The molecule has 0 aliphatic rings. The third-order valence-corrected chi connectivity index (χ3v) is 2.29. The van der Waals surface area contributed by atoms with Gasteiger partial charge in [-0.1, -0.05) is 0 Å². The van der Waals surface area contributed by atoms with E-state index in [1.807, 2.05) is 0 Å². The second-order valence-electron chi connectivity index (χ2n) is 3.08. The molecule has 0 aliphatic heterocycles. The molecule has 0 unspecified atom stereocenters. The molecule has 0 atom stereocenters. The maximum atomic E-state index is 11.9. The SMILES string of the molecule is COc1ccc(OC)c(C(=O)N(N)C(N)=S)c1. The molecule has 1 amide bonds. The molecule has 6 nitrogen and oxygen atoms in total. The third-order valence-electron chi connectivity index (χ3n) is 2.09. The number of nitrogens with two attached hydrogens (primary N) is 2. The quantitative estimate of drug-likeness (QED) is 0.348. The summed E-state index contributed by atoms with van der Waals surface area (Å²) in [4.78, 5) is 11.9. The lowest BCUT2D eigenvalue weighted by molar-refractivity contribution is 0.0845. The fraction of sp³-hybridized carbons (Fsp3) is 0.200. The van der Waals surface area contributed by atoms with E-state index in [1.165, 1.54) is 20.3 Å². The summed E-state index contributed by atoms with van der Waals surface area (Å²) in [5.74, 6) is 5.74. The van der Waals surface area contributed by atoms with E-state index < -0.39 is 5.91 Å². The Morgan fingerprint density at radius 2 is 2.00 bits per heavy atom. The highest BCUT2D eigenvalue weighted by molar-refractivity contribution is 7.80. The molecule has 92 valence electrons. The second kappa shape index (κ2) is 5.46. The normalized spacial score (nSPS) is 9.59. The highest BCUT2D eigenvalue weighted by Crippen LogP contribution is 2.24. The molecular weight excluding hydrogens is 242 g/mol. The Morgan fingerprint density at radius 1 is 1.35 bits per heavy atom. The number of hydrogen-bond acceptors (Lipinski definition) is 5. The molecule has 0 aliphatic carbocycles. The zero-order valence-corrected chi connectivity index (χ0v) is 10.3. The maximum absolute atomic E-state index is 11.9. The molecule has 0 radical (unpaired) electrons. The molecule has 0 bridgehead atoms. The minimum atomic E-state index is -0.562. The van der Waals surface area contributed by atoms with Crippen LogP contribution >= 0.6 is 12.2 Å². The van der Waals surface area contributed by atoms with Crippen molar-refractivity contribution in [1.29, 1.82) is 0 Å². The van der Waals surface area contributed by atoms with E-state index in [0.717, 1.165) is 0 Å². The summed E-state index contributed by atoms with van der Waals surface area (Å²) in [5, 5.41) is 0.451. The zero-order valence-electron chi connectivity index (χ0n) is 9.47. The number of carbonyl (C=O) groups excluding carboxylic acids is 1. The van der Waals surface area contributed by atoms with Crippen LogP contribution < -0.4 is 21.1 Å². The maximum Gasteiger partial charge on any atom is 0.278 e. The van der Waals surface area contributed by atoms with Gasteiger partial charge in [-0.05, 0) is 30.4 Å². The lowest BCUT2D eigenvalue weighted by Crippen LogP contribution is -2.45. The van der Waals surface area contributed by atoms with Crippen molar-refractivity contribution in [3.05, 3.63) is 23.8 Å². The minimum absolute atomic E-state index is 0.222. The molecule has 0 saturated heterocycles. The van der Waals surface area contributed by atoms with Crippen LogP contribution in [0, 0.1) is 0 Å². The van der Waals surface area contributed by atoms with Gasteiger partial charge >= 0.3 is 0 Å². The van der Waals surface area contributed by atoms with Crippen LogP contribution in [0.2, 0.25) is 0 Å². The van der Waals surface area contributed by atoms with Crippen LogP contribution in [-0.4, -0.2) is 30.2 Å². The Hall–Kier alpha value is -1.86. The standard InChI is InChI=1S/C10H13N3O3S/c1-15-6-3-4-8(16-2)7(5-6)9(14)13(12)10(11)17/h3-5H,12H2,1-2H3,(H2,11,17). The summed E-state index contributed by atoms with van der Waals surface area (Å²) in [6.07, 6.45) is 0. The van der Waals surface area contributed by atoms with Crippen molar-refractivity contribution in [1.82, 2.24) is 5.01 Å². The zero-order chi connectivity index (χ0) is 13.0. The first-order chi connectivity index (χ1) is 8.01. The van der Waals surface area contributed by atoms with Crippen molar-refractivity contribution in [2.45, 2.75) is 0 Å². The van der Waals surface area contributed by atoms with Crippen LogP contribution in [0.1, 0.15) is 10.4 Å². The Morgan fingerprint density at radius 3 is 2.47 bits per heavy atom. The van der Waals surface area contributed by atoms with Gasteiger partial charge in [-0.3, -0.25) is 4.79 Å². The van der Waals surface area contributed by atoms with Crippen LogP contribution in [0.4, 0.5) is 0 Å². The number of carbonyl (C=O) groups is 1. The number of rotatable bonds is 3. The second-order valence-corrected chi connectivity index (χ2v) is 3.50. The van der Waals surface area contributed by atoms with E-state index in [9.17, 15) is 4.79 Å². The van der Waals surface area contributed by atoms with Crippen molar-refractivity contribution >= 4 is 23.2 Å². The Bertz CT molecular complexity index is 450. The topological polar surface area (TPSA) is 90.8 Å². The van der Waals surface area contributed by atoms with Gasteiger partial charge in [0.2, 0.25) is 0 Å². The van der Waals surface area contributed by atoms with Gasteiger partial charge in [0.05, 0.1) is 19.8 Å². The summed E-state index contributed by atoms with van der Waals surface area (Å²) in [7, 11) is 2.93. The average Bonchev–Trinajstić information content (AvgIpc) is 2.35. The summed E-state index contributed by atoms with van der Waals surface area (Å²) < 4.78 is 10.1. The Labute approximate surface area is 104 Å². The third kappa shape index (κ3) is 2.83. The molecule has 1 aromatic rings. The first-order valence-electron chi connectivity index (χ1n) is 4.62. The van der Waals surface area contributed by atoms with Crippen molar-refractivity contribution < 1.29 is 14.3 Å². The van der Waals surface area contributed by atoms with Crippen molar-refractivity contribution in [2.24, 2.45) is 11.6 Å². The molecule has 0 spiro atoms. The number of nitrogens with zero attached hydrogens (tertiary/aromatic N) is 1. The Balaban J connectivity index is 3.18.